The summed E-state index contributed by atoms with van der Waals surface area (Å²) in [6, 6.07) is 27.8. The van der Waals surface area contributed by atoms with Gasteiger partial charge < -0.3 is 5.32 Å². The summed E-state index contributed by atoms with van der Waals surface area (Å²) in [5, 5.41) is 6.78. The summed E-state index contributed by atoms with van der Waals surface area (Å²) in [6.45, 7) is 4.62. The van der Waals surface area contributed by atoms with E-state index >= 15 is 0 Å². The monoisotopic (exact) mass is 369 g/mol. The number of rotatable bonds is 2. The van der Waals surface area contributed by atoms with Gasteiger partial charge in [0.05, 0.1) is 10.7 Å². The smallest absolute Gasteiger partial charge is 0.0640 e. The summed E-state index contributed by atoms with van der Waals surface area (Å²) in [7, 11) is 0. The van der Waals surface area contributed by atoms with Gasteiger partial charge in [-0.05, 0) is 69.4 Å². The molecule has 1 aliphatic rings. The maximum Gasteiger partial charge on any atom is 0.0640 e. The lowest BCUT2D eigenvalue weighted by Gasteiger charge is -2.22. The molecule has 0 spiro atoms. The lowest BCUT2D eigenvalue weighted by atomic mass is 9.82. The molecule has 4 aromatic carbocycles. The van der Waals surface area contributed by atoms with Crippen LogP contribution in [0.3, 0.4) is 0 Å². The van der Waals surface area contributed by atoms with Crippen LogP contribution in [-0.2, 0) is 5.41 Å². The molecular formula is C25H20ClN. The number of hydrogen-bond acceptors (Lipinski definition) is 1. The van der Waals surface area contributed by atoms with E-state index in [1.54, 1.807) is 0 Å². The van der Waals surface area contributed by atoms with Gasteiger partial charge in [-0.1, -0.05) is 67.9 Å². The highest BCUT2D eigenvalue weighted by Gasteiger charge is 2.35. The standard InChI is InChI=1S/C25H20ClN/c1-25(2)21-14-17-8-4-3-7-16(17)13-20(21)19-12-11-18(15-22(19)25)27-24-10-6-5-9-23(24)26/h3-15,27H,1-2H3. The van der Waals surface area contributed by atoms with Crippen LogP contribution in [0.2, 0.25) is 5.02 Å². The Morgan fingerprint density at radius 2 is 1.37 bits per heavy atom. The molecule has 4 aromatic rings. The Hall–Kier alpha value is -2.77. The summed E-state index contributed by atoms with van der Waals surface area (Å²) < 4.78 is 0. The summed E-state index contributed by atoms with van der Waals surface area (Å²) >= 11 is 6.32. The molecule has 0 aromatic heterocycles. The first-order valence-corrected chi connectivity index (χ1v) is 9.61. The zero-order valence-corrected chi connectivity index (χ0v) is 16.1. The number of nitrogens with one attached hydrogen (secondary N) is 1. The molecule has 0 aliphatic heterocycles. The van der Waals surface area contributed by atoms with Crippen molar-refractivity contribution in [3.63, 3.8) is 0 Å². The van der Waals surface area contributed by atoms with Crippen molar-refractivity contribution >= 4 is 33.7 Å². The number of anilines is 2. The van der Waals surface area contributed by atoms with Gasteiger partial charge in [-0.2, -0.15) is 0 Å². The second kappa shape index (κ2) is 5.87. The average Bonchev–Trinajstić information content (AvgIpc) is 2.89. The maximum atomic E-state index is 6.32. The van der Waals surface area contributed by atoms with Gasteiger partial charge in [0.2, 0.25) is 0 Å². The van der Waals surface area contributed by atoms with Crippen LogP contribution >= 0.6 is 11.6 Å². The fourth-order valence-electron chi connectivity index (χ4n) is 4.22. The van der Waals surface area contributed by atoms with Crippen molar-refractivity contribution < 1.29 is 0 Å². The van der Waals surface area contributed by atoms with Crippen molar-refractivity contribution in [1.29, 1.82) is 0 Å². The maximum absolute atomic E-state index is 6.32. The van der Waals surface area contributed by atoms with E-state index in [1.807, 2.05) is 24.3 Å². The molecule has 2 heteroatoms. The molecule has 0 radical (unpaired) electrons. The number of halogens is 1. The van der Waals surface area contributed by atoms with Crippen LogP contribution in [0.4, 0.5) is 11.4 Å². The van der Waals surface area contributed by atoms with E-state index in [-0.39, 0.29) is 5.41 Å². The molecule has 132 valence electrons. The lowest BCUT2D eigenvalue weighted by Crippen LogP contribution is -2.15. The Labute approximate surface area is 164 Å². The molecular weight excluding hydrogens is 350 g/mol. The first kappa shape index (κ1) is 16.4. The lowest BCUT2D eigenvalue weighted by molar-refractivity contribution is 0.661. The third-order valence-corrected chi connectivity index (χ3v) is 6.02. The van der Waals surface area contributed by atoms with E-state index in [0.29, 0.717) is 0 Å². The second-order valence-corrected chi connectivity index (χ2v) is 8.14. The van der Waals surface area contributed by atoms with E-state index in [1.165, 1.54) is 33.0 Å². The molecule has 0 saturated carbocycles. The predicted molar refractivity (Wildman–Crippen MR) is 116 cm³/mol. The molecule has 0 unspecified atom stereocenters. The van der Waals surface area contributed by atoms with Gasteiger partial charge >= 0.3 is 0 Å². The fourth-order valence-corrected chi connectivity index (χ4v) is 4.40. The van der Waals surface area contributed by atoms with Gasteiger partial charge in [0, 0.05) is 11.1 Å². The van der Waals surface area contributed by atoms with Crippen LogP contribution < -0.4 is 5.32 Å². The molecule has 0 bridgehead atoms. The number of benzene rings is 4. The van der Waals surface area contributed by atoms with Crippen molar-refractivity contribution in [2.75, 3.05) is 5.32 Å². The summed E-state index contributed by atoms with van der Waals surface area (Å²) in [5.74, 6) is 0. The number of fused-ring (bicyclic) bond motifs is 4. The highest BCUT2D eigenvalue weighted by molar-refractivity contribution is 6.33. The quantitative estimate of drug-likeness (QED) is 0.384. The Balaban J connectivity index is 1.64. The van der Waals surface area contributed by atoms with Gasteiger partial charge in [-0.25, -0.2) is 0 Å². The molecule has 1 nitrogen and oxygen atoms in total. The van der Waals surface area contributed by atoms with E-state index in [9.17, 15) is 0 Å². The molecule has 1 N–H and O–H groups in total. The normalized spacial score (nSPS) is 14.0. The highest BCUT2D eigenvalue weighted by Crippen LogP contribution is 2.50. The van der Waals surface area contributed by atoms with E-state index < -0.39 is 0 Å². The Kier molecular flexibility index (Phi) is 3.57. The minimum absolute atomic E-state index is 0.0349. The largest absolute Gasteiger partial charge is 0.354 e. The first-order chi connectivity index (χ1) is 13.0. The second-order valence-electron chi connectivity index (χ2n) is 7.74. The van der Waals surface area contributed by atoms with Gasteiger partial charge in [0.25, 0.3) is 0 Å². The van der Waals surface area contributed by atoms with Gasteiger partial charge in [0.15, 0.2) is 0 Å². The zero-order chi connectivity index (χ0) is 18.6. The Bertz CT molecular complexity index is 1190. The minimum atomic E-state index is -0.0349. The first-order valence-electron chi connectivity index (χ1n) is 9.24. The average molecular weight is 370 g/mol. The van der Waals surface area contributed by atoms with Crippen LogP contribution in [0.25, 0.3) is 21.9 Å². The van der Waals surface area contributed by atoms with E-state index in [4.69, 9.17) is 11.6 Å². The SMILES string of the molecule is CC1(C)c2cc(Nc3ccccc3Cl)ccc2-c2cc3ccccc3cc21. The Morgan fingerprint density at radius 1 is 0.704 bits per heavy atom. The van der Waals surface area contributed by atoms with Crippen LogP contribution in [0.1, 0.15) is 25.0 Å². The number of hydrogen-bond donors (Lipinski definition) is 1. The summed E-state index contributed by atoms with van der Waals surface area (Å²) in [5.41, 5.74) is 7.37. The van der Waals surface area contributed by atoms with Crippen LogP contribution in [0.5, 0.6) is 0 Å². The van der Waals surface area contributed by atoms with Gasteiger partial charge in [-0.15, -0.1) is 0 Å². The van der Waals surface area contributed by atoms with Gasteiger partial charge in [-0.3, -0.25) is 0 Å². The fraction of sp³-hybridized carbons (Fsp3) is 0.120. The Morgan fingerprint density at radius 3 is 2.15 bits per heavy atom. The van der Waals surface area contributed by atoms with Crippen molar-refractivity contribution in [1.82, 2.24) is 0 Å². The molecule has 0 saturated heterocycles. The van der Waals surface area contributed by atoms with E-state index in [2.05, 4.69) is 73.8 Å². The van der Waals surface area contributed by atoms with Crippen LogP contribution in [0.15, 0.2) is 78.9 Å². The third-order valence-electron chi connectivity index (χ3n) is 5.70. The minimum Gasteiger partial charge on any atom is -0.354 e. The van der Waals surface area contributed by atoms with Crippen molar-refractivity contribution in [3.05, 3.63) is 95.0 Å². The molecule has 1 aliphatic carbocycles. The molecule has 27 heavy (non-hydrogen) atoms. The third kappa shape index (κ3) is 2.54. The summed E-state index contributed by atoms with van der Waals surface area (Å²) in [6.07, 6.45) is 0. The zero-order valence-electron chi connectivity index (χ0n) is 15.4. The predicted octanol–water partition coefficient (Wildman–Crippen LogP) is 7.54. The summed E-state index contributed by atoms with van der Waals surface area (Å²) in [4.78, 5) is 0. The molecule has 5 rings (SSSR count). The van der Waals surface area contributed by atoms with Crippen molar-refractivity contribution in [2.45, 2.75) is 19.3 Å². The topological polar surface area (TPSA) is 12.0 Å². The van der Waals surface area contributed by atoms with Crippen LogP contribution in [0, 0.1) is 0 Å². The number of para-hydroxylation sites is 1. The molecule has 0 fully saturated rings. The van der Waals surface area contributed by atoms with Crippen LogP contribution in [-0.4, -0.2) is 0 Å². The van der Waals surface area contributed by atoms with Crippen molar-refractivity contribution in [2.24, 2.45) is 0 Å². The van der Waals surface area contributed by atoms with Gasteiger partial charge in [0.1, 0.15) is 0 Å². The molecule has 0 atom stereocenters. The highest BCUT2D eigenvalue weighted by atomic mass is 35.5. The molecule has 0 amide bonds. The van der Waals surface area contributed by atoms with E-state index in [0.717, 1.165) is 16.4 Å². The van der Waals surface area contributed by atoms with Crippen molar-refractivity contribution in [3.8, 4) is 11.1 Å². The molecule has 0 heterocycles.